The van der Waals surface area contributed by atoms with Crippen molar-refractivity contribution in [2.24, 2.45) is 0 Å². The normalized spacial score (nSPS) is 11.3. The van der Waals surface area contributed by atoms with Crippen LogP contribution < -0.4 is 9.47 Å². The Kier molecular flexibility index (Phi) is 8.98. The number of carboxylic acid groups (broad SMARTS) is 1. The molecule has 136 valence electrons. The van der Waals surface area contributed by atoms with Crippen molar-refractivity contribution in [3.05, 3.63) is 24.3 Å². The van der Waals surface area contributed by atoms with E-state index in [0.29, 0.717) is 38.8 Å². The van der Waals surface area contributed by atoms with Crippen molar-refractivity contribution in [3.63, 3.8) is 0 Å². The van der Waals surface area contributed by atoms with Crippen molar-refractivity contribution in [1.29, 1.82) is 0 Å². The second kappa shape index (κ2) is 10.7. The largest absolute Gasteiger partial charge is 0.501 e. The highest BCUT2D eigenvalue weighted by Crippen LogP contribution is 2.24. The molecule has 0 amide bonds. The van der Waals surface area contributed by atoms with Crippen LogP contribution in [0.5, 0.6) is 11.5 Å². The van der Waals surface area contributed by atoms with Crippen molar-refractivity contribution in [3.8, 4) is 11.5 Å². The maximum Gasteiger partial charge on any atom is 0.501 e. The average Bonchev–Trinajstić information content (AvgIpc) is 2.54. The molecule has 9 heteroatoms. The SMILES string of the molecule is COCCOCCOCCOc1ccc(OC(F)(F)C(=O)O)cc1. The van der Waals surface area contributed by atoms with Gasteiger partial charge in [0, 0.05) is 7.11 Å². The molecule has 24 heavy (non-hydrogen) atoms. The topological polar surface area (TPSA) is 83.5 Å². The van der Waals surface area contributed by atoms with Gasteiger partial charge in [-0.15, -0.1) is 0 Å². The maximum atomic E-state index is 12.9. The van der Waals surface area contributed by atoms with Crippen LogP contribution in [-0.2, 0) is 19.0 Å². The minimum absolute atomic E-state index is 0.267. The third-order valence-corrected chi connectivity index (χ3v) is 2.62. The molecule has 0 spiro atoms. The molecule has 1 aromatic rings. The van der Waals surface area contributed by atoms with E-state index >= 15 is 0 Å². The van der Waals surface area contributed by atoms with Gasteiger partial charge in [-0.1, -0.05) is 0 Å². The zero-order valence-electron chi connectivity index (χ0n) is 13.2. The number of rotatable bonds is 13. The van der Waals surface area contributed by atoms with Gasteiger partial charge < -0.3 is 28.8 Å². The fourth-order valence-electron chi connectivity index (χ4n) is 1.48. The summed E-state index contributed by atoms with van der Waals surface area (Å²) in [5, 5.41) is 8.28. The molecular weight excluding hydrogens is 330 g/mol. The van der Waals surface area contributed by atoms with E-state index < -0.39 is 12.1 Å². The molecule has 0 aliphatic heterocycles. The Morgan fingerprint density at radius 3 is 2.00 bits per heavy atom. The minimum atomic E-state index is -4.28. The van der Waals surface area contributed by atoms with Crippen LogP contribution in [0.25, 0.3) is 0 Å². The highest BCUT2D eigenvalue weighted by molar-refractivity contribution is 5.73. The lowest BCUT2D eigenvalue weighted by atomic mass is 10.3. The molecule has 0 atom stereocenters. The lowest BCUT2D eigenvalue weighted by Crippen LogP contribution is -2.34. The quantitative estimate of drug-likeness (QED) is 0.543. The number of hydrogen-bond donors (Lipinski definition) is 1. The van der Waals surface area contributed by atoms with E-state index in [4.69, 9.17) is 24.1 Å². The third-order valence-electron chi connectivity index (χ3n) is 2.62. The number of alkyl halides is 2. The Labute approximate surface area is 138 Å². The van der Waals surface area contributed by atoms with Crippen LogP contribution in [0, 0.1) is 0 Å². The van der Waals surface area contributed by atoms with Crippen LogP contribution in [-0.4, -0.2) is 63.9 Å². The number of halogens is 2. The highest BCUT2D eigenvalue weighted by atomic mass is 19.3. The Bertz CT molecular complexity index is 479. The molecule has 0 bridgehead atoms. The highest BCUT2D eigenvalue weighted by Gasteiger charge is 2.42. The van der Waals surface area contributed by atoms with Gasteiger partial charge in [0.25, 0.3) is 0 Å². The fraction of sp³-hybridized carbons (Fsp3) is 0.533. The first kappa shape index (κ1) is 20.1. The van der Waals surface area contributed by atoms with Gasteiger partial charge in [0.2, 0.25) is 0 Å². The third kappa shape index (κ3) is 8.04. The van der Waals surface area contributed by atoms with Gasteiger partial charge in [-0.25, -0.2) is 4.79 Å². The van der Waals surface area contributed by atoms with Crippen molar-refractivity contribution >= 4 is 5.97 Å². The lowest BCUT2D eigenvalue weighted by Gasteiger charge is -2.13. The van der Waals surface area contributed by atoms with E-state index in [1.807, 2.05) is 0 Å². The smallest absolute Gasteiger partial charge is 0.491 e. The average molecular weight is 350 g/mol. The van der Waals surface area contributed by atoms with Gasteiger partial charge in [0.05, 0.1) is 33.0 Å². The summed E-state index contributed by atoms with van der Waals surface area (Å²) < 4.78 is 50.4. The van der Waals surface area contributed by atoms with Gasteiger partial charge in [-0.3, -0.25) is 0 Å². The molecule has 0 aliphatic rings. The zero-order chi connectivity index (χ0) is 17.8. The zero-order valence-corrected chi connectivity index (χ0v) is 13.2. The molecule has 0 heterocycles. The van der Waals surface area contributed by atoms with Gasteiger partial charge in [-0.2, -0.15) is 8.78 Å². The summed E-state index contributed by atoms with van der Waals surface area (Å²) >= 11 is 0. The number of methoxy groups -OCH3 is 1. The van der Waals surface area contributed by atoms with E-state index in [0.717, 1.165) is 0 Å². The van der Waals surface area contributed by atoms with E-state index in [2.05, 4.69) is 4.74 Å². The minimum Gasteiger partial charge on any atom is -0.491 e. The van der Waals surface area contributed by atoms with Gasteiger partial charge in [0.15, 0.2) is 0 Å². The van der Waals surface area contributed by atoms with Gasteiger partial charge in [0.1, 0.15) is 18.1 Å². The number of carbonyl (C=O) groups is 1. The first-order valence-corrected chi connectivity index (χ1v) is 7.13. The van der Waals surface area contributed by atoms with E-state index in [9.17, 15) is 13.6 Å². The Hall–Kier alpha value is -1.97. The second-order valence-electron chi connectivity index (χ2n) is 4.46. The lowest BCUT2D eigenvalue weighted by molar-refractivity contribution is -0.210. The standard InChI is InChI=1S/C15H20F2O7/c1-20-6-7-21-8-9-22-10-11-23-12-2-4-13(5-3-12)24-15(16,17)14(18)19/h2-5H,6-11H2,1H3,(H,18,19). The summed E-state index contributed by atoms with van der Waals surface area (Å²) in [7, 11) is 1.59. The van der Waals surface area contributed by atoms with Crippen LogP contribution >= 0.6 is 0 Å². The predicted octanol–water partition coefficient (Wildman–Crippen LogP) is 1.80. The molecule has 1 N–H and O–H groups in total. The Balaban J connectivity index is 2.18. The molecule has 0 unspecified atom stereocenters. The Morgan fingerprint density at radius 2 is 1.46 bits per heavy atom. The predicted molar refractivity (Wildman–Crippen MR) is 78.7 cm³/mol. The molecule has 0 radical (unpaired) electrons. The molecule has 1 rings (SSSR count). The molecule has 7 nitrogen and oxygen atoms in total. The molecule has 0 aliphatic carbocycles. The summed E-state index contributed by atoms with van der Waals surface area (Å²) in [6.45, 7) is 2.51. The number of carboxylic acids is 1. The van der Waals surface area contributed by atoms with Crippen LogP contribution in [0.3, 0.4) is 0 Å². The van der Waals surface area contributed by atoms with Crippen molar-refractivity contribution in [2.45, 2.75) is 6.11 Å². The first-order valence-electron chi connectivity index (χ1n) is 7.13. The molecule has 0 saturated heterocycles. The monoisotopic (exact) mass is 350 g/mol. The summed E-state index contributed by atoms with van der Waals surface area (Å²) in [5.41, 5.74) is 0. The van der Waals surface area contributed by atoms with E-state index in [1.165, 1.54) is 24.3 Å². The van der Waals surface area contributed by atoms with Crippen LogP contribution in [0.2, 0.25) is 0 Å². The molecule has 0 aromatic heterocycles. The first-order chi connectivity index (χ1) is 11.5. The van der Waals surface area contributed by atoms with Crippen LogP contribution in [0.1, 0.15) is 0 Å². The van der Waals surface area contributed by atoms with Crippen molar-refractivity contribution < 1.29 is 42.4 Å². The summed E-state index contributed by atoms with van der Waals surface area (Å²) in [6, 6.07) is 5.16. The summed E-state index contributed by atoms with van der Waals surface area (Å²) in [6.07, 6.45) is -4.28. The summed E-state index contributed by atoms with van der Waals surface area (Å²) in [4.78, 5) is 10.3. The van der Waals surface area contributed by atoms with Crippen molar-refractivity contribution in [1.82, 2.24) is 0 Å². The molecular formula is C15H20F2O7. The van der Waals surface area contributed by atoms with Crippen molar-refractivity contribution in [2.75, 3.05) is 46.8 Å². The van der Waals surface area contributed by atoms with Gasteiger partial charge >= 0.3 is 12.1 Å². The molecule has 0 saturated carbocycles. The Morgan fingerprint density at radius 1 is 0.958 bits per heavy atom. The maximum absolute atomic E-state index is 12.9. The molecule has 0 fully saturated rings. The number of benzene rings is 1. The van der Waals surface area contributed by atoms with Crippen LogP contribution in [0.4, 0.5) is 8.78 Å². The van der Waals surface area contributed by atoms with Gasteiger partial charge in [-0.05, 0) is 24.3 Å². The van der Waals surface area contributed by atoms with E-state index in [-0.39, 0.29) is 12.4 Å². The number of ether oxygens (including phenoxy) is 5. The summed E-state index contributed by atoms with van der Waals surface area (Å²) in [5.74, 6) is -2.22. The molecule has 1 aromatic carbocycles. The fourth-order valence-corrected chi connectivity index (χ4v) is 1.48. The van der Waals surface area contributed by atoms with Crippen LogP contribution in [0.15, 0.2) is 24.3 Å². The number of hydrogen-bond acceptors (Lipinski definition) is 6. The number of aliphatic carboxylic acids is 1. The second-order valence-corrected chi connectivity index (χ2v) is 4.46. The van der Waals surface area contributed by atoms with E-state index in [1.54, 1.807) is 7.11 Å².